The van der Waals surface area contributed by atoms with E-state index in [4.69, 9.17) is 11.6 Å². The van der Waals surface area contributed by atoms with E-state index in [1.54, 1.807) is 60.7 Å². The Kier molecular flexibility index (Phi) is 5.98. The lowest BCUT2D eigenvalue weighted by Crippen LogP contribution is -2.18. The minimum atomic E-state index is -0.767. The van der Waals surface area contributed by atoms with E-state index in [-0.39, 0.29) is 11.8 Å². The number of hydrogen-bond acceptors (Lipinski definition) is 8. The van der Waals surface area contributed by atoms with Crippen LogP contribution >= 0.6 is 11.6 Å². The highest BCUT2D eigenvalue weighted by Crippen LogP contribution is 2.40. The molecular weight excluding hydrogens is 472 g/mol. The number of amides is 1. The average Bonchev–Trinajstić information content (AvgIpc) is 3.59. The number of rotatable bonds is 8. The Hall–Kier alpha value is -4.51. The molecule has 5 rings (SSSR count). The minimum Gasteiger partial charge on any atom is -0.323 e. The lowest BCUT2D eigenvalue weighted by atomic mass is 10.2. The fourth-order valence-corrected chi connectivity index (χ4v) is 3.63. The molecule has 4 aromatic rings. The number of nitro groups is 1. The summed E-state index contributed by atoms with van der Waals surface area (Å²) in [5.74, 6) is -0.264. The van der Waals surface area contributed by atoms with Gasteiger partial charge >= 0.3 is 5.69 Å². The normalized spacial score (nSPS) is 12.7. The van der Waals surface area contributed by atoms with E-state index in [0.29, 0.717) is 28.1 Å². The second kappa shape index (κ2) is 9.39. The summed E-state index contributed by atoms with van der Waals surface area (Å²) in [6, 6.07) is 17.2. The molecule has 0 unspecified atom stereocenters. The van der Waals surface area contributed by atoms with Crippen molar-refractivity contribution in [3.63, 3.8) is 0 Å². The van der Waals surface area contributed by atoms with Gasteiger partial charge in [-0.3, -0.25) is 20.0 Å². The van der Waals surface area contributed by atoms with Crippen molar-refractivity contribution in [2.75, 3.05) is 16.0 Å². The summed E-state index contributed by atoms with van der Waals surface area (Å²) in [5, 5.41) is 28.0. The van der Waals surface area contributed by atoms with Gasteiger partial charge in [-0.2, -0.15) is 10.1 Å². The molecule has 1 saturated carbocycles. The fraction of sp³-hybridized carbons (Fsp3) is 0.130. The van der Waals surface area contributed by atoms with Crippen molar-refractivity contribution < 1.29 is 9.72 Å². The van der Waals surface area contributed by atoms with E-state index in [1.807, 2.05) is 0 Å². The Bertz CT molecular complexity index is 1410. The quantitative estimate of drug-likeness (QED) is 0.190. The first-order valence-corrected chi connectivity index (χ1v) is 11.1. The van der Waals surface area contributed by atoms with E-state index in [2.05, 4.69) is 36.1 Å². The van der Waals surface area contributed by atoms with Gasteiger partial charge in [0.1, 0.15) is 0 Å². The number of aromatic amines is 1. The van der Waals surface area contributed by atoms with Crippen LogP contribution in [0.3, 0.4) is 0 Å². The van der Waals surface area contributed by atoms with Gasteiger partial charge in [-0.1, -0.05) is 41.9 Å². The van der Waals surface area contributed by atoms with Crippen molar-refractivity contribution in [3.8, 4) is 0 Å². The Balaban J connectivity index is 1.56. The third-order valence-corrected chi connectivity index (χ3v) is 5.62. The molecule has 12 heteroatoms. The summed E-state index contributed by atoms with van der Waals surface area (Å²) < 4.78 is 0. The number of carbonyl (C=O) groups is 1. The van der Waals surface area contributed by atoms with Crippen LogP contribution in [0.4, 0.5) is 34.6 Å². The van der Waals surface area contributed by atoms with Crippen LogP contribution in [0.2, 0.25) is 5.02 Å². The van der Waals surface area contributed by atoms with Crippen LogP contribution in [0.15, 0.2) is 60.7 Å². The standard InChI is InChI=1S/C23H19ClN8O3/c24-15-8-4-5-9-16(15)26-23-28-19(22(33)25-14-6-2-1-3-7-14)20(32(34)35)21(29-23)27-18-12-17(30-31-18)13-10-11-13/h1-9,12-13H,10-11H2,(H,25,33)(H3,26,27,28,29,30,31). The van der Waals surface area contributed by atoms with Gasteiger partial charge in [0, 0.05) is 23.4 Å². The summed E-state index contributed by atoms with van der Waals surface area (Å²) in [6.07, 6.45) is 2.12. The van der Waals surface area contributed by atoms with Crippen LogP contribution in [-0.2, 0) is 0 Å². The second-order valence-electron chi connectivity index (χ2n) is 7.88. The van der Waals surface area contributed by atoms with Gasteiger partial charge in [0.15, 0.2) is 5.82 Å². The number of benzene rings is 2. The van der Waals surface area contributed by atoms with Crippen molar-refractivity contribution in [3.05, 3.63) is 87.2 Å². The zero-order chi connectivity index (χ0) is 24.4. The number of nitrogens with zero attached hydrogens (tertiary/aromatic N) is 4. The number of halogens is 1. The molecule has 0 aliphatic heterocycles. The molecule has 1 aliphatic rings. The molecule has 0 spiro atoms. The largest absolute Gasteiger partial charge is 0.343 e. The van der Waals surface area contributed by atoms with Gasteiger partial charge in [-0.25, -0.2) is 4.98 Å². The lowest BCUT2D eigenvalue weighted by molar-refractivity contribution is -0.384. The smallest absolute Gasteiger partial charge is 0.323 e. The molecule has 1 amide bonds. The molecule has 176 valence electrons. The zero-order valence-corrected chi connectivity index (χ0v) is 18.9. The Morgan fingerprint density at radius 1 is 1.06 bits per heavy atom. The molecular formula is C23H19ClN8O3. The van der Waals surface area contributed by atoms with Crippen molar-refractivity contribution in [2.45, 2.75) is 18.8 Å². The summed E-state index contributed by atoms with van der Waals surface area (Å²) in [4.78, 5) is 32.9. The van der Waals surface area contributed by atoms with Crippen LogP contribution in [-0.4, -0.2) is 31.0 Å². The molecule has 2 aromatic carbocycles. The number of hydrogen-bond donors (Lipinski definition) is 4. The van der Waals surface area contributed by atoms with E-state index >= 15 is 0 Å². The summed E-state index contributed by atoms with van der Waals surface area (Å²) >= 11 is 6.24. The zero-order valence-electron chi connectivity index (χ0n) is 18.2. The number of anilines is 5. The predicted molar refractivity (Wildman–Crippen MR) is 132 cm³/mol. The van der Waals surface area contributed by atoms with E-state index < -0.39 is 22.2 Å². The van der Waals surface area contributed by atoms with E-state index in [9.17, 15) is 14.9 Å². The van der Waals surface area contributed by atoms with Gasteiger partial charge in [0.25, 0.3) is 5.91 Å². The molecule has 2 aromatic heterocycles. The molecule has 1 fully saturated rings. The third-order valence-electron chi connectivity index (χ3n) is 5.29. The molecule has 0 radical (unpaired) electrons. The highest BCUT2D eigenvalue weighted by Gasteiger charge is 2.31. The topological polar surface area (TPSA) is 151 Å². The van der Waals surface area contributed by atoms with Crippen LogP contribution in [0, 0.1) is 10.1 Å². The van der Waals surface area contributed by atoms with Crippen LogP contribution < -0.4 is 16.0 Å². The first-order valence-electron chi connectivity index (χ1n) is 10.7. The van der Waals surface area contributed by atoms with Gasteiger partial charge < -0.3 is 16.0 Å². The lowest BCUT2D eigenvalue weighted by Gasteiger charge is -2.12. The summed E-state index contributed by atoms with van der Waals surface area (Å²) in [6.45, 7) is 0. The first-order chi connectivity index (χ1) is 17.0. The fourth-order valence-electron chi connectivity index (χ4n) is 3.45. The van der Waals surface area contributed by atoms with Crippen LogP contribution in [0.1, 0.15) is 34.9 Å². The van der Waals surface area contributed by atoms with Gasteiger partial charge in [-0.15, -0.1) is 0 Å². The minimum absolute atomic E-state index is 0.0534. The molecule has 4 N–H and O–H groups in total. The monoisotopic (exact) mass is 490 g/mol. The SMILES string of the molecule is O=C(Nc1ccccc1)c1nc(Nc2ccccc2Cl)nc(Nc2cc(C3CC3)[nH]n2)c1[N+](=O)[O-]. The maximum Gasteiger partial charge on any atom is 0.343 e. The Morgan fingerprint density at radius 2 is 1.80 bits per heavy atom. The number of aromatic nitrogens is 4. The van der Waals surface area contributed by atoms with Gasteiger partial charge in [0.2, 0.25) is 17.5 Å². The maximum atomic E-state index is 13.1. The van der Waals surface area contributed by atoms with E-state index in [1.165, 1.54) is 0 Å². The van der Waals surface area contributed by atoms with Crippen molar-refractivity contribution >= 4 is 52.2 Å². The number of nitrogens with one attached hydrogen (secondary N) is 4. The average molecular weight is 491 g/mol. The molecule has 35 heavy (non-hydrogen) atoms. The van der Waals surface area contributed by atoms with Gasteiger partial charge in [-0.05, 0) is 37.1 Å². The van der Waals surface area contributed by atoms with Crippen molar-refractivity contribution in [2.24, 2.45) is 0 Å². The number of para-hydroxylation sites is 2. The predicted octanol–water partition coefficient (Wildman–Crippen LogP) is 5.38. The third kappa shape index (κ3) is 5.04. The molecule has 1 aliphatic carbocycles. The first kappa shape index (κ1) is 22.3. The Labute approximate surface area is 204 Å². The molecule has 11 nitrogen and oxygen atoms in total. The van der Waals surface area contributed by atoms with Crippen LogP contribution in [0.5, 0.6) is 0 Å². The van der Waals surface area contributed by atoms with Gasteiger partial charge in [0.05, 0.1) is 15.6 Å². The van der Waals surface area contributed by atoms with E-state index in [0.717, 1.165) is 18.5 Å². The highest BCUT2D eigenvalue weighted by molar-refractivity contribution is 6.33. The molecule has 0 bridgehead atoms. The maximum absolute atomic E-state index is 13.1. The number of carbonyl (C=O) groups excluding carboxylic acids is 1. The Morgan fingerprint density at radius 3 is 2.51 bits per heavy atom. The van der Waals surface area contributed by atoms with Crippen molar-refractivity contribution in [1.82, 2.24) is 20.2 Å². The molecule has 2 heterocycles. The van der Waals surface area contributed by atoms with Crippen LogP contribution in [0.25, 0.3) is 0 Å². The highest BCUT2D eigenvalue weighted by atomic mass is 35.5. The second-order valence-corrected chi connectivity index (χ2v) is 8.29. The summed E-state index contributed by atoms with van der Waals surface area (Å²) in [5.41, 5.74) is 0.852. The molecule has 0 saturated heterocycles. The van der Waals surface area contributed by atoms with Crippen molar-refractivity contribution in [1.29, 1.82) is 0 Å². The number of H-pyrrole nitrogens is 1. The molecule has 0 atom stereocenters. The summed E-state index contributed by atoms with van der Waals surface area (Å²) in [7, 11) is 0.